The van der Waals surface area contributed by atoms with Gasteiger partial charge < -0.3 is 4.57 Å². The fraction of sp³-hybridized carbons (Fsp3) is 0.227. The van der Waals surface area contributed by atoms with E-state index in [-0.39, 0.29) is 5.78 Å². The Bertz CT molecular complexity index is 1150. The Morgan fingerprint density at radius 3 is 2.67 bits per heavy atom. The van der Waals surface area contributed by atoms with Gasteiger partial charge in [-0.3, -0.25) is 4.79 Å². The summed E-state index contributed by atoms with van der Waals surface area (Å²) >= 11 is 1.41. The summed E-state index contributed by atoms with van der Waals surface area (Å²) in [5, 5.41) is 11.2. The quantitative estimate of drug-likeness (QED) is 0.440. The van der Waals surface area contributed by atoms with Crippen molar-refractivity contribution in [2.75, 3.05) is 0 Å². The largest absolute Gasteiger partial charge is 0.346 e. The highest BCUT2D eigenvalue weighted by atomic mass is 32.1. The Morgan fingerprint density at radius 2 is 1.93 bits per heavy atom. The van der Waals surface area contributed by atoms with Gasteiger partial charge in [-0.1, -0.05) is 44.2 Å². The second-order valence-electron chi connectivity index (χ2n) is 7.05. The molecule has 0 saturated heterocycles. The Hall–Kier alpha value is -2.97. The molecule has 0 unspecified atom stereocenters. The number of carbonyl (C=O) groups excluding carboxylic acids is 1. The van der Waals surface area contributed by atoms with Crippen molar-refractivity contribution in [1.29, 1.82) is 5.26 Å². The van der Waals surface area contributed by atoms with Crippen molar-refractivity contribution in [2.45, 2.75) is 26.3 Å². The highest BCUT2D eigenvalue weighted by molar-refractivity contribution is 7.18. The van der Waals surface area contributed by atoms with Crippen LogP contribution in [0.5, 0.6) is 0 Å². The van der Waals surface area contributed by atoms with Crippen molar-refractivity contribution in [3.05, 3.63) is 65.3 Å². The van der Waals surface area contributed by atoms with Crippen LogP contribution in [-0.4, -0.2) is 15.3 Å². The van der Waals surface area contributed by atoms with E-state index in [0.717, 1.165) is 27.7 Å². The van der Waals surface area contributed by atoms with Gasteiger partial charge in [0.2, 0.25) is 0 Å². The monoisotopic (exact) mass is 373 g/mol. The van der Waals surface area contributed by atoms with Crippen molar-refractivity contribution in [3.63, 3.8) is 0 Å². The first-order chi connectivity index (χ1) is 13.1. The Kier molecular flexibility index (Phi) is 4.51. The van der Waals surface area contributed by atoms with E-state index >= 15 is 0 Å². The summed E-state index contributed by atoms with van der Waals surface area (Å²) in [5.74, 6) is -0.615. The van der Waals surface area contributed by atoms with Gasteiger partial charge >= 0.3 is 0 Å². The van der Waals surface area contributed by atoms with Crippen LogP contribution in [0.1, 0.15) is 35.1 Å². The van der Waals surface area contributed by atoms with Crippen molar-refractivity contribution >= 4 is 38.2 Å². The van der Waals surface area contributed by atoms with Gasteiger partial charge in [0.05, 0.1) is 16.3 Å². The molecule has 0 aliphatic rings. The number of hydrogen-bond donors (Lipinski definition) is 0. The second-order valence-corrected chi connectivity index (χ2v) is 8.11. The normalized spacial score (nSPS) is 12.5. The van der Waals surface area contributed by atoms with Crippen LogP contribution < -0.4 is 0 Å². The minimum Gasteiger partial charge on any atom is -0.346 e. The molecule has 27 heavy (non-hydrogen) atoms. The number of fused-ring (bicyclic) bond motifs is 2. The number of rotatable bonds is 5. The predicted molar refractivity (Wildman–Crippen MR) is 109 cm³/mol. The smallest absolute Gasteiger partial charge is 0.189 e. The van der Waals surface area contributed by atoms with E-state index < -0.39 is 5.92 Å². The lowest BCUT2D eigenvalue weighted by molar-refractivity contribution is 0.0980. The number of carbonyl (C=O) groups is 1. The van der Waals surface area contributed by atoms with E-state index in [1.807, 2.05) is 54.7 Å². The third-order valence-corrected chi connectivity index (χ3v) is 5.67. The van der Waals surface area contributed by atoms with E-state index in [1.54, 1.807) is 0 Å². The van der Waals surface area contributed by atoms with Crippen LogP contribution in [0.15, 0.2) is 54.7 Å². The summed E-state index contributed by atoms with van der Waals surface area (Å²) in [4.78, 5) is 17.8. The number of nitrogens with zero attached hydrogens (tertiary/aromatic N) is 3. The minimum atomic E-state index is -0.888. The fourth-order valence-electron chi connectivity index (χ4n) is 3.38. The number of Topliss-reactive ketones (excluding diaryl/α,β-unsaturated/α-hetero) is 1. The lowest BCUT2D eigenvalue weighted by Crippen LogP contribution is -2.11. The third-order valence-electron chi connectivity index (χ3n) is 4.56. The third kappa shape index (κ3) is 3.13. The summed E-state index contributed by atoms with van der Waals surface area (Å²) < 4.78 is 3.10. The minimum absolute atomic E-state index is 0.185. The standard InChI is InChI=1S/C22H19N3OS/c1-14(2)12-25-13-17(15-7-3-5-9-19(15)25)21(26)16(11-23)22-24-18-8-4-6-10-20(18)27-22/h3-10,13-14,16H,12H2,1-2H3/t16-/m0/s1. The van der Waals surface area contributed by atoms with E-state index in [0.29, 0.717) is 16.5 Å². The van der Waals surface area contributed by atoms with Gasteiger partial charge in [-0.05, 0) is 24.1 Å². The molecular weight excluding hydrogens is 354 g/mol. The van der Waals surface area contributed by atoms with Crippen molar-refractivity contribution in [3.8, 4) is 6.07 Å². The Labute approximate surface area is 161 Å². The topological polar surface area (TPSA) is 58.7 Å². The summed E-state index contributed by atoms with van der Waals surface area (Å²) in [7, 11) is 0. The molecule has 0 fully saturated rings. The van der Waals surface area contributed by atoms with Gasteiger partial charge in [0, 0.05) is 29.2 Å². The number of nitriles is 1. The first kappa shape index (κ1) is 17.4. The van der Waals surface area contributed by atoms with Crippen LogP contribution in [0.3, 0.4) is 0 Å². The van der Waals surface area contributed by atoms with E-state index in [4.69, 9.17) is 0 Å². The molecule has 5 heteroatoms. The predicted octanol–water partition coefficient (Wildman–Crippen LogP) is 5.40. The summed E-state index contributed by atoms with van der Waals surface area (Å²) in [6, 6.07) is 17.8. The van der Waals surface area contributed by atoms with Gasteiger partial charge in [-0.25, -0.2) is 4.98 Å². The van der Waals surface area contributed by atoms with E-state index in [1.165, 1.54) is 11.3 Å². The maximum Gasteiger partial charge on any atom is 0.189 e. The van der Waals surface area contributed by atoms with Gasteiger partial charge in [-0.15, -0.1) is 11.3 Å². The number of ketones is 1. The molecule has 4 aromatic rings. The van der Waals surface area contributed by atoms with Gasteiger partial charge in [0.1, 0.15) is 5.01 Å². The van der Waals surface area contributed by atoms with E-state index in [2.05, 4.69) is 29.5 Å². The lowest BCUT2D eigenvalue weighted by atomic mass is 9.99. The molecule has 2 heterocycles. The zero-order valence-electron chi connectivity index (χ0n) is 15.2. The first-order valence-corrected chi connectivity index (χ1v) is 9.77. The SMILES string of the molecule is CC(C)Cn1cc(C(=O)[C@H](C#N)c2nc3ccccc3s2)c2ccccc21. The molecular formula is C22H19N3OS. The summed E-state index contributed by atoms with van der Waals surface area (Å²) in [6.45, 7) is 5.12. The Balaban J connectivity index is 1.80. The average Bonchev–Trinajstić information content (AvgIpc) is 3.24. The number of hydrogen-bond acceptors (Lipinski definition) is 4. The molecule has 0 aliphatic heterocycles. The lowest BCUT2D eigenvalue weighted by Gasteiger charge is -2.07. The number of para-hydroxylation sites is 2. The van der Waals surface area contributed by atoms with Gasteiger partial charge in [0.15, 0.2) is 11.7 Å². The van der Waals surface area contributed by atoms with Crippen molar-refractivity contribution < 1.29 is 4.79 Å². The molecule has 4 rings (SSSR count). The number of aromatic nitrogens is 2. The van der Waals surface area contributed by atoms with Crippen LogP contribution >= 0.6 is 11.3 Å². The molecule has 0 saturated carbocycles. The maximum absolute atomic E-state index is 13.3. The highest BCUT2D eigenvalue weighted by Crippen LogP contribution is 2.32. The molecule has 0 N–H and O–H groups in total. The van der Waals surface area contributed by atoms with Crippen LogP contribution in [0, 0.1) is 17.2 Å². The fourth-order valence-corrected chi connectivity index (χ4v) is 4.39. The molecule has 134 valence electrons. The molecule has 1 atom stereocenters. The maximum atomic E-state index is 13.3. The zero-order chi connectivity index (χ0) is 19.0. The molecule has 0 spiro atoms. The molecule has 0 bridgehead atoms. The summed E-state index contributed by atoms with van der Waals surface area (Å²) in [6.07, 6.45) is 1.89. The zero-order valence-corrected chi connectivity index (χ0v) is 16.0. The molecule has 2 aromatic heterocycles. The van der Waals surface area contributed by atoms with E-state index in [9.17, 15) is 10.1 Å². The Morgan fingerprint density at radius 1 is 1.19 bits per heavy atom. The molecule has 0 amide bonds. The number of thiazole rings is 1. The van der Waals surface area contributed by atoms with Gasteiger partial charge in [0.25, 0.3) is 0 Å². The van der Waals surface area contributed by atoms with Crippen LogP contribution in [-0.2, 0) is 6.54 Å². The van der Waals surface area contributed by atoms with Crippen LogP contribution in [0.2, 0.25) is 0 Å². The highest BCUT2D eigenvalue weighted by Gasteiger charge is 2.28. The molecule has 4 nitrogen and oxygen atoms in total. The van der Waals surface area contributed by atoms with Crippen LogP contribution in [0.4, 0.5) is 0 Å². The molecule has 2 aromatic carbocycles. The molecule has 0 radical (unpaired) electrons. The van der Waals surface area contributed by atoms with Gasteiger partial charge in [-0.2, -0.15) is 5.26 Å². The second kappa shape index (κ2) is 6.98. The first-order valence-electron chi connectivity index (χ1n) is 8.95. The summed E-state index contributed by atoms with van der Waals surface area (Å²) in [5.41, 5.74) is 2.44. The average molecular weight is 373 g/mol. The van der Waals surface area contributed by atoms with Crippen LogP contribution in [0.25, 0.3) is 21.1 Å². The number of benzene rings is 2. The van der Waals surface area contributed by atoms with Crippen molar-refractivity contribution in [1.82, 2.24) is 9.55 Å². The molecule has 0 aliphatic carbocycles. The van der Waals surface area contributed by atoms with Crippen molar-refractivity contribution in [2.24, 2.45) is 5.92 Å².